The molecule has 4 heterocycles. The second-order valence-electron chi connectivity index (χ2n) is 9.34. The Labute approximate surface area is 215 Å². The Hall–Kier alpha value is -4.38. The highest BCUT2D eigenvalue weighted by Gasteiger charge is 2.18. The molecule has 0 bridgehead atoms. The number of hydrogen-bond acceptors (Lipinski definition) is 7. The molecule has 5 rings (SSSR count). The second kappa shape index (κ2) is 9.82. The van der Waals surface area contributed by atoms with Crippen molar-refractivity contribution < 1.29 is 23.4 Å². The molecule has 9 nitrogen and oxygen atoms in total. The van der Waals surface area contributed by atoms with Crippen molar-refractivity contribution in [2.24, 2.45) is 0 Å². The van der Waals surface area contributed by atoms with E-state index < -0.39 is 12.2 Å². The first-order valence-electron chi connectivity index (χ1n) is 11.9. The number of aliphatic hydroxyl groups is 1. The molecule has 0 fully saturated rings. The predicted molar refractivity (Wildman–Crippen MR) is 138 cm³/mol. The van der Waals surface area contributed by atoms with Crippen molar-refractivity contribution in [3.63, 3.8) is 0 Å². The molecule has 38 heavy (non-hydrogen) atoms. The van der Waals surface area contributed by atoms with Crippen LogP contribution in [-0.2, 0) is 6.54 Å². The van der Waals surface area contributed by atoms with Crippen LogP contribution < -0.4 is 15.0 Å². The number of halogens is 2. The zero-order valence-corrected chi connectivity index (χ0v) is 20.9. The molecule has 0 aliphatic heterocycles. The third kappa shape index (κ3) is 5.18. The van der Waals surface area contributed by atoms with Gasteiger partial charge >= 0.3 is 6.61 Å². The number of alkyl halides is 2. The molecule has 0 saturated heterocycles. The highest BCUT2D eigenvalue weighted by Crippen LogP contribution is 2.27. The number of pyridine rings is 3. The van der Waals surface area contributed by atoms with Gasteiger partial charge in [0.05, 0.1) is 36.2 Å². The van der Waals surface area contributed by atoms with Gasteiger partial charge in [0.15, 0.2) is 5.65 Å². The monoisotopic (exact) mass is 521 g/mol. The third-order valence-corrected chi connectivity index (χ3v) is 5.72. The largest absolute Gasteiger partial charge is 0.478 e. The van der Waals surface area contributed by atoms with Crippen molar-refractivity contribution in [2.75, 3.05) is 6.61 Å². The Morgan fingerprint density at radius 3 is 2.53 bits per heavy atom. The summed E-state index contributed by atoms with van der Waals surface area (Å²) in [5.41, 5.74) is 1.10. The zero-order chi connectivity index (χ0) is 27.0. The smallest absolute Gasteiger partial charge is 0.388 e. The maximum absolute atomic E-state index is 13.9. The molecule has 196 valence electrons. The predicted octanol–water partition coefficient (Wildman–Crippen LogP) is 4.57. The number of rotatable bonds is 8. The minimum Gasteiger partial charge on any atom is -0.478 e. The van der Waals surface area contributed by atoms with Gasteiger partial charge < -0.3 is 14.6 Å². The van der Waals surface area contributed by atoms with Crippen LogP contribution in [0.25, 0.3) is 38.8 Å². The van der Waals surface area contributed by atoms with E-state index in [1.807, 2.05) is 25.3 Å². The summed E-state index contributed by atoms with van der Waals surface area (Å²) in [6.07, 6.45) is 3.10. The molecule has 0 spiro atoms. The molecule has 0 saturated carbocycles. The van der Waals surface area contributed by atoms with E-state index in [4.69, 9.17) is 4.74 Å². The first kappa shape index (κ1) is 25.3. The molecule has 1 aromatic carbocycles. The first-order valence-corrected chi connectivity index (χ1v) is 11.9. The van der Waals surface area contributed by atoms with Crippen LogP contribution in [-0.4, -0.2) is 48.2 Å². The van der Waals surface area contributed by atoms with E-state index in [1.165, 1.54) is 22.9 Å². The molecule has 1 N–H and O–H groups in total. The van der Waals surface area contributed by atoms with Crippen LogP contribution in [0.15, 0.2) is 65.7 Å². The van der Waals surface area contributed by atoms with Crippen LogP contribution in [0.4, 0.5) is 8.78 Å². The third-order valence-electron chi connectivity index (χ3n) is 5.72. The topological polar surface area (TPSA) is 104 Å². The molecule has 0 aliphatic carbocycles. The Morgan fingerprint density at radius 2 is 1.84 bits per heavy atom. The van der Waals surface area contributed by atoms with E-state index in [1.54, 1.807) is 42.8 Å². The van der Waals surface area contributed by atoms with Crippen LogP contribution in [0.3, 0.4) is 0 Å². The molecule has 4 aromatic heterocycles. The number of hydrogen-bond donors (Lipinski definition) is 1. The summed E-state index contributed by atoms with van der Waals surface area (Å²) >= 11 is 0. The van der Waals surface area contributed by atoms with Gasteiger partial charge in [-0.25, -0.2) is 4.98 Å². The first-order chi connectivity index (χ1) is 18.1. The average Bonchev–Trinajstić information content (AvgIpc) is 3.24. The summed E-state index contributed by atoms with van der Waals surface area (Å²) in [4.78, 5) is 22.3. The number of nitrogens with zero attached hydrogens (tertiary/aromatic N) is 5. The van der Waals surface area contributed by atoms with Gasteiger partial charge in [0.1, 0.15) is 0 Å². The van der Waals surface area contributed by atoms with Crippen molar-refractivity contribution >= 4 is 21.9 Å². The molecule has 0 unspecified atom stereocenters. The summed E-state index contributed by atoms with van der Waals surface area (Å²) in [6, 6.07) is 13.5. The van der Waals surface area contributed by atoms with Crippen LogP contribution in [0.5, 0.6) is 11.8 Å². The minimum atomic E-state index is -3.02. The fraction of sp³-hybridized carbons (Fsp3) is 0.259. The summed E-state index contributed by atoms with van der Waals surface area (Å²) in [5.74, 6) is 0.0703. The SMILES string of the molecule is CCOc1ccc2cc(-c3ccc4nn(CC(C)(C)O)cc4c3)c(=O)n(-c3ccc(OC(F)F)nc3)c2n1. The Bertz CT molecular complexity index is 1670. The second-order valence-corrected chi connectivity index (χ2v) is 9.34. The summed E-state index contributed by atoms with van der Waals surface area (Å²) < 4.78 is 38.1. The Balaban J connectivity index is 1.67. The number of benzene rings is 1. The molecule has 0 aliphatic rings. The minimum absolute atomic E-state index is 0.270. The van der Waals surface area contributed by atoms with E-state index >= 15 is 0 Å². The molecule has 5 aromatic rings. The van der Waals surface area contributed by atoms with Gasteiger partial charge in [-0.1, -0.05) is 6.07 Å². The van der Waals surface area contributed by atoms with E-state index in [-0.39, 0.29) is 11.4 Å². The molecular weight excluding hydrogens is 496 g/mol. The molecule has 0 amide bonds. The normalized spacial score (nSPS) is 12.0. The maximum Gasteiger partial charge on any atom is 0.388 e. The van der Waals surface area contributed by atoms with Gasteiger partial charge in [-0.2, -0.15) is 18.9 Å². The van der Waals surface area contributed by atoms with Gasteiger partial charge in [-0.3, -0.25) is 14.0 Å². The quantitative estimate of drug-likeness (QED) is 0.319. The van der Waals surface area contributed by atoms with Crippen molar-refractivity contribution in [3.05, 3.63) is 71.3 Å². The standard InChI is InChI=1S/C27H25F2N5O4/c1-4-37-23-9-6-17-12-20(16-5-8-21-18(11-16)14-33(32-21)15-27(2,3)36)25(35)34(24(17)31-23)19-7-10-22(30-13-19)38-26(28)29/h5-14,26,36H,4,15H2,1-3H3. The summed E-state index contributed by atoms with van der Waals surface area (Å²) in [7, 11) is 0. The van der Waals surface area contributed by atoms with Crippen molar-refractivity contribution in [3.8, 4) is 28.6 Å². The van der Waals surface area contributed by atoms with Crippen LogP contribution in [0.2, 0.25) is 0 Å². The van der Waals surface area contributed by atoms with Gasteiger partial charge in [0.2, 0.25) is 11.8 Å². The number of fused-ring (bicyclic) bond motifs is 2. The van der Waals surface area contributed by atoms with Gasteiger partial charge in [-0.05, 0) is 56.7 Å². The highest BCUT2D eigenvalue weighted by molar-refractivity contribution is 5.88. The lowest BCUT2D eigenvalue weighted by atomic mass is 10.0. The molecule has 0 atom stereocenters. The zero-order valence-electron chi connectivity index (χ0n) is 20.9. The van der Waals surface area contributed by atoms with Gasteiger partial charge in [-0.15, -0.1) is 0 Å². The van der Waals surface area contributed by atoms with Crippen LogP contribution >= 0.6 is 0 Å². The van der Waals surface area contributed by atoms with E-state index in [0.29, 0.717) is 46.9 Å². The van der Waals surface area contributed by atoms with Crippen LogP contribution in [0, 0.1) is 0 Å². The van der Waals surface area contributed by atoms with Crippen molar-refractivity contribution in [1.82, 2.24) is 24.3 Å². The van der Waals surface area contributed by atoms with Crippen molar-refractivity contribution in [1.29, 1.82) is 0 Å². The Morgan fingerprint density at radius 1 is 1.05 bits per heavy atom. The number of ether oxygens (including phenoxy) is 2. The number of aromatic nitrogens is 5. The average molecular weight is 522 g/mol. The maximum atomic E-state index is 13.9. The highest BCUT2D eigenvalue weighted by atomic mass is 19.3. The van der Waals surface area contributed by atoms with E-state index in [9.17, 15) is 18.7 Å². The van der Waals surface area contributed by atoms with Gasteiger partial charge in [0, 0.05) is 34.7 Å². The lowest BCUT2D eigenvalue weighted by Crippen LogP contribution is -2.26. The van der Waals surface area contributed by atoms with Gasteiger partial charge in [0.25, 0.3) is 5.56 Å². The Kier molecular flexibility index (Phi) is 6.53. The lowest BCUT2D eigenvalue weighted by Gasteiger charge is -2.16. The summed E-state index contributed by atoms with van der Waals surface area (Å²) in [6.45, 7) is 2.92. The van der Waals surface area contributed by atoms with E-state index in [2.05, 4.69) is 19.8 Å². The van der Waals surface area contributed by atoms with E-state index in [0.717, 1.165) is 10.9 Å². The van der Waals surface area contributed by atoms with Crippen LogP contribution in [0.1, 0.15) is 20.8 Å². The molecule has 0 radical (unpaired) electrons. The van der Waals surface area contributed by atoms with Crippen molar-refractivity contribution in [2.45, 2.75) is 39.5 Å². The lowest BCUT2D eigenvalue weighted by molar-refractivity contribution is -0.0528. The molecule has 11 heteroatoms. The fourth-order valence-corrected chi connectivity index (χ4v) is 4.23. The molecular formula is C27H25F2N5O4. The fourth-order valence-electron chi connectivity index (χ4n) is 4.23. The summed E-state index contributed by atoms with van der Waals surface area (Å²) in [5, 5.41) is 16.1.